The van der Waals surface area contributed by atoms with Gasteiger partial charge in [0.2, 0.25) is 0 Å². The van der Waals surface area contributed by atoms with Gasteiger partial charge < -0.3 is 14.7 Å². The Kier molecular flexibility index (Phi) is 9.02. The summed E-state index contributed by atoms with van der Waals surface area (Å²) >= 11 is 6.32. The Morgan fingerprint density at radius 1 is 1.10 bits per heavy atom. The number of benzene rings is 1. The third-order valence-corrected chi connectivity index (χ3v) is 9.33. The number of aromatic nitrogens is 2. The summed E-state index contributed by atoms with van der Waals surface area (Å²) in [6, 6.07) is 3.50. The molecular weight excluding hydrogens is 575 g/mol. The number of ether oxygens (including phenoxy) is 1. The van der Waals surface area contributed by atoms with E-state index in [1.807, 2.05) is 0 Å². The van der Waals surface area contributed by atoms with Crippen LogP contribution in [0.25, 0.3) is 0 Å². The Balaban J connectivity index is 1.71. The molecule has 0 aliphatic heterocycles. The average Bonchev–Trinajstić information content (AvgIpc) is 3.38. The molecule has 0 spiro atoms. The van der Waals surface area contributed by atoms with E-state index in [2.05, 4.69) is 18.9 Å². The fourth-order valence-corrected chi connectivity index (χ4v) is 6.44. The van der Waals surface area contributed by atoms with E-state index in [1.165, 1.54) is 18.1 Å². The van der Waals surface area contributed by atoms with Gasteiger partial charge in [0.15, 0.2) is 11.5 Å². The summed E-state index contributed by atoms with van der Waals surface area (Å²) in [5.41, 5.74) is -2.76. The van der Waals surface area contributed by atoms with Crippen LogP contribution in [0.15, 0.2) is 24.4 Å². The molecule has 1 N–H and O–H groups in total. The van der Waals surface area contributed by atoms with Crippen molar-refractivity contribution in [3.05, 3.63) is 46.2 Å². The Morgan fingerprint density at radius 3 is 2.26 bits per heavy atom. The Morgan fingerprint density at radius 2 is 1.71 bits per heavy atom. The number of halogens is 4. The second-order valence-corrected chi connectivity index (χ2v) is 12.9. The molecule has 1 aromatic carbocycles. The predicted molar refractivity (Wildman–Crippen MR) is 150 cm³/mol. The van der Waals surface area contributed by atoms with Crippen LogP contribution >= 0.6 is 11.6 Å². The van der Waals surface area contributed by atoms with Crippen LogP contribution in [-0.2, 0) is 11.0 Å². The number of rotatable bonds is 8. The fourth-order valence-electron chi connectivity index (χ4n) is 6.17. The van der Waals surface area contributed by atoms with E-state index in [0.717, 1.165) is 23.7 Å². The molecule has 4 rings (SSSR count). The molecule has 0 bridgehead atoms. The largest absolute Gasteiger partial charge is 0.496 e. The van der Waals surface area contributed by atoms with Gasteiger partial charge in [-0.2, -0.15) is 18.3 Å². The summed E-state index contributed by atoms with van der Waals surface area (Å²) in [6.07, 6.45) is -0.740. The van der Waals surface area contributed by atoms with Crippen LogP contribution in [-0.4, -0.2) is 57.1 Å². The first kappa shape index (κ1) is 31.8. The van der Waals surface area contributed by atoms with Crippen LogP contribution in [0.2, 0.25) is 5.02 Å². The van der Waals surface area contributed by atoms with Gasteiger partial charge >= 0.3 is 12.1 Å². The second kappa shape index (κ2) is 11.9. The van der Waals surface area contributed by atoms with Crippen molar-refractivity contribution < 1.29 is 37.4 Å². The number of alkyl halides is 3. The lowest BCUT2D eigenvalue weighted by molar-refractivity contribution is -0.152. The summed E-state index contributed by atoms with van der Waals surface area (Å²) in [6.45, 7) is 5.30. The quantitative estimate of drug-likeness (QED) is 0.321. The van der Waals surface area contributed by atoms with Gasteiger partial charge in [0.1, 0.15) is 5.75 Å². The number of ketones is 1. The van der Waals surface area contributed by atoms with Crippen LogP contribution in [0.5, 0.6) is 5.75 Å². The number of carbonyl (C=O) groups excluding carboxylic acids is 2. The summed E-state index contributed by atoms with van der Waals surface area (Å²) in [7, 11) is 1.38. The van der Waals surface area contributed by atoms with Crippen molar-refractivity contribution >= 4 is 29.3 Å². The molecule has 42 heavy (non-hydrogen) atoms. The van der Waals surface area contributed by atoms with Crippen molar-refractivity contribution in [2.24, 2.45) is 10.8 Å². The van der Waals surface area contributed by atoms with Gasteiger partial charge in [0, 0.05) is 6.04 Å². The number of carboxylic acids is 1. The molecule has 2 aliphatic carbocycles. The van der Waals surface area contributed by atoms with Gasteiger partial charge in [0.05, 0.1) is 47.5 Å². The van der Waals surface area contributed by atoms with Gasteiger partial charge in [-0.25, -0.2) is 0 Å². The highest BCUT2D eigenvalue weighted by Gasteiger charge is 2.46. The van der Waals surface area contributed by atoms with E-state index in [4.69, 9.17) is 16.3 Å². The van der Waals surface area contributed by atoms with Gasteiger partial charge in [-0.1, -0.05) is 31.5 Å². The van der Waals surface area contributed by atoms with Crippen molar-refractivity contribution in [1.82, 2.24) is 14.7 Å². The first-order valence-corrected chi connectivity index (χ1v) is 14.5. The highest BCUT2D eigenvalue weighted by molar-refractivity contribution is 6.34. The lowest BCUT2D eigenvalue weighted by Crippen LogP contribution is -2.46. The topological polar surface area (TPSA) is 102 Å². The zero-order valence-corrected chi connectivity index (χ0v) is 25.0. The number of carbonyl (C=O) groups is 3. The van der Waals surface area contributed by atoms with Crippen LogP contribution in [0, 0.1) is 10.8 Å². The first-order chi connectivity index (χ1) is 19.6. The van der Waals surface area contributed by atoms with E-state index < -0.39 is 59.1 Å². The average molecular weight is 612 g/mol. The fraction of sp³-hybridized carbons (Fsp3) is 0.600. The van der Waals surface area contributed by atoms with Crippen molar-refractivity contribution in [2.75, 3.05) is 13.7 Å². The summed E-state index contributed by atoms with van der Waals surface area (Å²) in [4.78, 5) is 40.5. The molecule has 2 aromatic rings. The minimum atomic E-state index is -4.91. The van der Waals surface area contributed by atoms with E-state index in [1.54, 1.807) is 19.1 Å². The Labute approximate surface area is 248 Å². The van der Waals surface area contributed by atoms with E-state index in [-0.39, 0.29) is 47.4 Å². The van der Waals surface area contributed by atoms with E-state index >= 15 is 0 Å². The molecule has 1 aromatic heterocycles. The maximum atomic E-state index is 14.6. The number of Topliss-reactive ketones (excluding diaryl/α,β-unsaturated/α-hetero) is 1. The van der Waals surface area contributed by atoms with Crippen LogP contribution in [0.1, 0.15) is 105 Å². The summed E-state index contributed by atoms with van der Waals surface area (Å²) in [5, 5.41) is 13.7. The van der Waals surface area contributed by atoms with E-state index in [9.17, 15) is 32.7 Å². The van der Waals surface area contributed by atoms with Crippen LogP contribution in [0.4, 0.5) is 13.2 Å². The second-order valence-electron chi connectivity index (χ2n) is 12.5. The Hall–Kier alpha value is -3.08. The number of hydrogen-bond acceptors (Lipinski definition) is 5. The van der Waals surface area contributed by atoms with Crippen molar-refractivity contribution in [3.63, 3.8) is 0 Å². The molecule has 2 aliphatic rings. The maximum Gasteiger partial charge on any atom is 0.433 e. The monoisotopic (exact) mass is 611 g/mol. The highest BCUT2D eigenvalue weighted by atomic mass is 35.5. The van der Waals surface area contributed by atoms with Gasteiger partial charge in [-0.15, -0.1) is 0 Å². The summed E-state index contributed by atoms with van der Waals surface area (Å²) in [5.74, 6) is -2.25. The molecule has 0 atom stereocenters. The normalized spacial score (nSPS) is 22.9. The SMILES string of the molecule is COc1cccc(Cl)c1C(=O)CN(C(=O)c1cnn(C2CCC(C)(C(=O)O)CC2)c1C(F)(F)F)C1CCC(C)(C)CC1. The van der Waals surface area contributed by atoms with Crippen molar-refractivity contribution in [1.29, 1.82) is 0 Å². The number of carboxylic acid groups (broad SMARTS) is 1. The highest BCUT2D eigenvalue weighted by Crippen LogP contribution is 2.44. The molecule has 2 fully saturated rings. The predicted octanol–water partition coefficient (Wildman–Crippen LogP) is 7.06. The molecule has 1 amide bonds. The lowest BCUT2D eigenvalue weighted by atomic mass is 9.74. The number of amides is 1. The minimum Gasteiger partial charge on any atom is -0.496 e. The Bertz CT molecular complexity index is 1340. The smallest absolute Gasteiger partial charge is 0.433 e. The molecule has 0 saturated heterocycles. The lowest BCUT2D eigenvalue weighted by Gasteiger charge is -2.40. The van der Waals surface area contributed by atoms with E-state index in [0.29, 0.717) is 12.8 Å². The molecule has 2 saturated carbocycles. The molecular formula is C30H37ClF3N3O5. The molecule has 12 heteroatoms. The van der Waals surface area contributed by atoms with Crippen molar-refractivity contribution in [2.45, 2.75) is 90.4 Å². The first-order valence-electron chi connectivity index (χ1n) is 14.1. The molecule has 8 nitrogen and oxygen atoms in total. The van der Waals surface area contributed by atoms with Crippen molar-refractivity contribution in [3.8, 4) is 5.75 Å². The standard InChI is InChI=1S/C30H37ClF3N3O5/c1-28(2)12-8-18(9-13-28)36(17-22(38)24-21(31)6-5-7-23(24)42-4)26(39)20-16-35-37(25(20)30(32,33)34)19-10-14-29(3,15-11-19)27(40)41/h5-7,16,18-19H,8-15,17H2,1-4H3,(H,40,41). The zero-order valence-electron chi connectivity index (χ0n) is 24.3. The number of methoxy groups -OCH3 is 1. The molecule has 0 radical (unpaired) electrons. The van der Waals surface area contributed by atoms with Crippen LogP contribution in [0.3, 0.4) is 0 Å². The minimum absolute atomic E-state index is 0.00856. The number of hydrogen-bond donors (Lipinski definition) is 1. The van der Waals surface area contributed by atoms with Crippen LogP contribution < -0.4 is 4.74 Å². The maximum absolute atomic E-state index is 14.6. The third kappa shape index (κ3) is 6.45. The van der Waals surface area contributed by atoms with Gasteiger partial charge in [-0.3, -0.25) is 19.1 Å². The third-order valence-electron chi connectivity index (χ3n) is 9.01. The molecule has 230 valence electrons. The summed E-state index contributed by atoms with van der Waals surface area (Å²) < 4.78 is 49.9. The van der Waals surface area contributed by atoms with Gasteiger partial charge in [0.25, 0.3) is 5.91 Å². The molecule has 1 heterocycles. The number of nitrogens with zero attached hydrogens (tertiary/aromatic N) is 3. The van der Waals surface area contributed by atoms with Gasteiger partial charge in [-0.05, 0) is 75.8 Å². The molecule has 0 unspecified atom stereocenters. The zero-order chi connectivity index (χ0) is 31.0. The number of aliphatic carboxylic acids is 1.